The number of amides is 2. The number of urea groups is 1. The topological polar surface area (TPSA) is 54.7 Å². The molecule has 2 aromatic rings. The fourth-order valence-electron chi connectivity index (χ4n) is 2.53. The van der Waals surface area contributed by atoms with Crippen molar-refractivity contribution < 1.29 is 13.9 Å². The fourth-order valence-corrected chi connectivity index (χ4v) is 3.25. The molecule has 1 aliphatic rings. The maximum absolute atomic E-state index is 12.5. The zero-order chi connectivity index (χ0) is 15.2. The molecule has 2 amide bonds. The third-order valence-corrected chi connectivity index (χ3v) is 4.52. The summed E-state index contributed by atoms with van der Waals surface area (Å²) in [5.74, 6) is 0.751. The molecule has 0 bridgehead atoms. The second-order valence-corrected chi connectivity index (χ2v) is 6.37. The molecule has 22 heavy (non-hydrogen) atoms. The SMILES string of the molecule is O=C(NCc1ccco1)N(Cc1cccs1)CC1CCCO1. The molecular formula is C16H20N2O3S. The largest absolute Gasteiger partial charge is 0.467 e. The summed E-state index contributed by atoms with van der Waals surface area (Å²) in [6.45, 7) is 2.44. The maximum atomic E-state index is 12.5. The van der Waals surface area contributed by atoms with Gasteiger partial charge in [-0.2, -0.15) is 0 Å². The molecule has 5 nitrogen and oxygen atoms in total. The Morgan fingerprint density at radius 2 is 2.36 bits per heavy atom. The van der Waals surface area contributed by atoms with Crippen LogP contribution in [0.4, 0.5) is 4.79 Å². The molecule has 0 saturated carbocycles. The zero-order valence-electron chi connectivity index (χ0n) is 12.4. The average molecular weight is 320 g/mol. The molecule has 0 radical (unpaired) electrons. The Bertz CT molecular complexity index is 562. The fraction of sp³-hybridized carbons (Fsp3) is 0.438. The Labute approximate surface area is 133 Å². The van der Waals surface area contributed by atoms with Gasteiger partial charge in [0, 0.05) is 18.0 Å². The molecule has 0 spiro atoms. The first-order valence-corrected chi connectivity index (χ1v) is 8.38. The van der Waals surface area contributed by atoms with E-state index in [0.717, 1.165) is 25.2 Å². The minimum atomic E-state index is -0.0831. The van der Waals surface area contributed by atoms with Gasteiger partial charge < -0.3 is 19.4 Å². The van der Waals surface area contributed by atoms with Gasteiger partial charge in [-0.25, -0.2) is 4.79 Å². The van der Waals surface area contributed by atoms with Gasteiger partial charge in [0.25, 0.3) is 0 Å². The lowest BCUT2D eigenvalue weighted by atomic mass is 10.2. The summed E-state index contributed by atoms with van der Waals surface area (Å²) in [6, 6.07) is 7.64. The smallest absolute Gasteiger partial charge is 0.318 e. The van der Waals surface area contributed by atoms with Crippen molar-refractivity contribution in [3.63, 3.8) is 0 Å². The van der Waals surface area contributed by atoms with Crippen LogP contribution in [-0.2, 0) is 17.8 Å². The Morgan fingerprint density at radius 1 is 1.41 bits per heavy atom. The van der Waals surface area contributed by atoms with Gasteiger partial charge in [-0.3, -0.25) is 0 Å². The van der Waals surface area contributed by atoms with E-state index < -0.39 is 0 Å². The lowest BCUT2D eigenvalue weighted by Crippen LogP contribution is -2.42. The Morgan fingerprint density at radius 3 is 3.05 bits per heavy atom. The molecule has 1 N–H and O–H groups in total. The molecule has 6 heteroatoms. The van der Waals surface area contributed by atoms with Gasteiger partial charge in [0.1, 0.15) is 5.76 Å². The van der Waals surface area contributed by atoms with Crippen molar-refractivity contribution in [1.82, 2.24) is 10.2 Å². The predicted molar refractivity (Wildman–Crippen MR) is 84.6 cm³/mol. The van der Waals surface area contributed by atoms with Crippen LogP contribution < -0.4 is 5.32 Å². The number of nitrogens with zero attached hydrogens (tertiary/aromatic N) is 1. The van der Waals surface area contributed by atoms with E-state index in [9.17, 15) is 4.79 Å². The molecule has 1 atom stereocenters. The molecule has 0 aliphatic carbocycles. The highest BCUT2D eigenvalue weighted by Gasteiger charge is 2.23. The lowest BCUT2D eigenvalue weighted by molar-refractivity contribution is 0.0795. The van der Waals surface area contributed by atoms with Crippen LogP contribution in [0, 0.1) is 0 Å². The monoisotopic (exact) mass is 320 g/mol. The van der Waals surface area contributed by atoms with Gasteiger partial charge in [0.05, 0.1) is 25.5 Å². The molecule has 3 rings (SSSR count). The second kappa shape index (κ2) is 7.47. The van der Waals surface area contributed by atoms with E-state index in [1.807, 2.05) is 34.5 Å². The third-order valence-electron chi connectivity index (χ3n) is 3.66. The van der Waals surface area contributed by atoms with Crippen LogP contribution in [0.3, 0.4) is 0 Å². The van der Waals surface area contributed by atoms with E-state index in [0.29, 0.717) is 19.6 Å². The molecule has 1 aliphatic heterocycles. The lowest BCUT2D eigenvalue weighted by Gasteiger charge is -2.25. The van der Waals surface area contributed by atoms with E-state index in [2.05, 4.69) is 5.32 Å². The molecule has 1 unspecified atom stereocenters. The number of hydrogen-bond acceptors (Lipinski definition) is 4. The number of nitrogens with one attached hydrogen (secondary N) is 1. The summed E-state index contributed by atoms with van der Waals surface area (Å²) < 4.78 is 10.9. The molecule has 2 aromatic heterocycles. The quantitative estimate of drug-likeness (QED) is 0.889. The van der Waals surface area contributed by atoms with Crippen LogP contribution in [0.15, 0.2) is 40.3 Å². The molecule has 1 saturated heterocycles. The van der Waals surface area contributed by atoms with E-state index in [-0.39, 0.29) is 12.1 Å². The number of thiophene rings is 1. The number of furan rings is 1. The normalized spacial score (nSPS) is 17.5. The Balaban J connectivity index is 1.59. The van der Waals surface area contributed by atoms with Crippen LogP contribution in [0.1, 0.15) is 23.5 Å². The van der Waals surface area contributed by atoms with Crippen molar-refractivity contribution >= 4 is 17.4 Å². The van der Waals surface area contributed by atoms with Crippen molar-refractivity contribution in [1.29, 1.82) is 0 Å². The van der Waals surface area contributed by atoms with Crippen molar-refractivity contribution in [2.75, 3.05) is 13.2 Å². The van der Waals surface area contributed by atoms with Crippen molar-refractivity contribution in [2.24, 2.45) is 0 Å². The molecule has 118 valence electrons. The number of carbonyl (C=O) groups excluding carboxylic acids is 1. The van der Waals surface area contributed by atoms with E-state index >= 15 is 0 Å². The number of hydrogen-bond donors (Lipinski definition) is 1. The van der Waals surface area contributed by atoms with Gasteiger partial charge in [-0.15, -0.1) is 11.3 Å². The van der Waals surface area contributed by atoms with E-state index in [1.165, 1.54) is 4.88 Å². The van der Waals surface area contributed by atoms with Crippen molar-refractivity contribution in [3.05, 3.63) is 46.5 Å². The Kier molecular flexibility index (Phi) is 5.13. The van der Waals surface area contributed by atoms with Gasteiger partial charge in [0.2, 0.25) is 0 Å². The van der Waals surface area contributed by atoms with Crippen LogP contribution in [0.5, 0.6) is 0 Å². The predicted octanol–water partition coefficient (Wildman–Crippen LogP) is 3.23. The molecule has 3 heterocycles. The number of rotatable bonds is 6. The zero-order valence-corrected chi connectivity index (χ0v) is 13.2. The first-order chi connectivity index (χ1) is 10.8. The summed E-state index contributed by atoms with van der Waals surface area (Å²) in [5, 5.41) is 4.94. The molecular weight excluding hydrogens is 300 g/mol. The maximum Gasteiger partial charge on any atom is 0.318 e. The first kappa shape index (κ1) is 15.1. The average Bonchev–Trinajstić information content (AvgIpc) is 3.27. The van der Waals surface area contributed by atoms with Gasteiger partial charge in [-0.1, -0.05) is 6.07 Å². The molecule has 0 aromatic carbocycles. The third kappa shape index (κ3) is 4.11. The first-order valence-electron chi connectivity index (χ1n) is 7.50. The Hall–Kier alpha value is -1.79. The minimum absolute atomic E-state index is 0.0831. The van der Waals surface area contributed by atoms with Gasteiger partial charge >= 0.3 is 6.03 Å². The highest BCUT2D eigenvalue weighted by molar-refractivity contribution is 7.09. The van der Waals surface area contributed by atoms with Crippen LogP contribution in [0.2, 0.25) is 0 Å². The highest BCUT2D eigenvalue weighted by atomic mass is 32.1. The van der Waals surface area contributed by atoms with E-state index in [4.69, 9.17) is 9.15 Å². The summed E-state index contributed by atoms with van der Waals surface area (Å²) in [7, 11) is 0. The van der Waals surface area contributed by atoms with Crippen molar-refractivity contribution in [2.45, 2.75) is 32.0 Å². The van der Waals surface area contributed by atoms with Gasteiger partial charge in [-0.05, 0) is 36.4 Å². The van der Waals surface area contributed by atoms with Gasteiger partial charge in [0.15, 0.2) is 0 Å². The summed E-state index contributed by atoms with van der Waals surface area (Å²) in [4.78, 5) is 15.5. The minimum Gasteiger partial charge on any atom is -0.467 e. The van der Waals surface area contributed by atoms with Crippen LogP contribution >= 0.6 is 11.3 Å². The number of carbonyl (C=O) groups is 1. The molecule has 1 fully saturated rings. The summed E-state index contributed by atoms with van der Waals surface area (Å²) in [5.41, 5.74) is 0. The van der Waals surface area contributed by atoms with E-state index in [1.54, 1.807) is 17.6 Å². The summed E-state index contributed by atoms with van der Waals surface area (Å²) in [6.07, 6.45) is 3.85. The second-order valence-electron chi connectivity index (χ2n) is 5.33. The summed E-state index contributed by atoms with van der Waals surface area (Å²) >= 11 is 1.66. The standard InChI is InChI=1S/C16H20N2O3S/c19-16(17-10-13-4-1-7-20-13)18(11-14-5-2-8-21-14)12-15-6-3-9-22-15/h1,3-4,6-7,9,14H,2,5,8,10-12H2,(H,17,19). The number of ether oxygens (including phenoxy) is 1. The van der Waals surface area contributed by atoms with Crippen LogP contribution in [-0.4, -0.2) is 30.2 Å². The highest BCUT2D eigenvalue weighted by Crippen LogP contribution is 2.17. The van der Waals surface area contributed by atoms with Crippen LogP contribution in [0.25, 0.3) is 0 Å². The van der Waals surface area contributed by atoms with Crippen molar-refractivity contribution in [3.8, 4) is 0 Å².